The van der Waals surface area contributed by atoms with Gasteiger partial charge in [-0.2, -0.15) is 0 Å². The molecule has 0 spiro atoms. The number of hydrogen-bond donors (Lipinski definition) is 2. The van der Waals surface area contributed by atoms with Gasteiger partial charge in [-0.1, -0.05) is 18.8 Å². The smallest absolute Gasteiger partial charge is 0.0727 e. The first kappa shape index (κ1) is 11.2. The Kier molecular flexibility index (Phi) is 7.78. The summed E-state index contributed by atoms with van der Waals surface area (Å²) in [4.78, 5) is 0. The minimum atomic E-state index is -0.378. The summed E-state index contributed by atoms with van der Waals surface area (Å²) < 4.78 is 0. The number of aliphatic hydroxyl groups excluding tert-OH is 2. The second-order valence-corrected chi connectivity index (χ2v) is 2.48. The van der Waals surface area contributed by atoms with Gasteiger partial charge in [0.05, 0.1) is 6.10 Å². The molecule has 1 atom stereocenters. The van der Waals surface area contributed by atoms with E-state index in [1.165, 1.54) is 0 Å². The van der Waals surface area contributed by atoms with Crippen molar-refractivity contribution in [2.45, 2.75) is 32.3 Å². The van der Waals surface area contributed by atoms with E-state index < -0.39 is 0 Å². The van der Waals surface area contributed by atoms with Gasteiger partial charge in [0.2, 0.25) is 0 Å². The zero-order valence-corrected chi connectivity index (χ0v) is 7.45. The molecule has 0 aromatic carbocycles. The first-order chi connectivity index (χ1) is 5.81. The molecule has 0 aliphatic carbocycles. The molecular weight excluding hydrogens is 152 g/mol. The zero-order valence-electron chi connectivity index (χ0n) is 7.45. The van der Waals surface area contributed by atoms with Crippen LogP contribution in [0.5, 0.6) is 0 Å². The molecule has 12 heavy (non-hydrogen) atoms. The highest BCUT2D eigenvalue weighted by Crippen LogP contribution is 1.90. The number of rotatable bonds is 4. The van der Waals surface area contributed by atoms with E-state index in [-0.39, 0.29) is 12.7 Å². The highest BCUT2D eigenvalue weighted by Gasteiger charge is 1.89. The lowest BCUT2D eigenvalue weighted by atomic mass is 10.2. The Bertz CT molecular complexity index is 174. The summed E-state index contributed by atoms with van der Waals surface area (Å²) in [6.07, 6.45) is 5.10. The molecule has 0 rings (SSSR count). The normalized spacial score (nSPS) is 12.6. The van der Waals surface area contributed by atoms with Crippen molar-refractivity contribution in [2.24, 2.45) is 0 Å². The number of allylic oxidation sites excluding steroid dienone is 1. The van der Waals surface area contributed by atoms with Crippen molar-refractivity contribution in [3.8, 4) is 11.8 Å². The average Bonchev–Trinajstić information content (AvgIpc) is 2.10. The van der Waals surface area contributed by atoms with Crippen LogP contribution in [0, 0.1) is 11.8 Å². The molecule has 2 nitrogen and oxygen atoms in total. The van der Waals surface area contributed by atoms with Crippen LogP contribution in [0.3, 0.4) is 0 Å². The van der Waals surface area contributed by atoms with Gasteiger partial charge in [-0.25, -0.2) is 0 Å². The third kappa shape index (κ3) is 7.33. The maximum atomic E-state index is 9.07. The molecule has 0 aromatic rings. The minimum absolute atomic E-state index is 0.190. The molecule has 0 fully saturated rings. The molecule has 0 amide bonds. The zero-order chi connectivity index (χ0) is 9.23. The van der Waals surface area contributed by atoms with Crippen LogP contribution >= 0.6 is 0 Å². The van der Waals surface area contributed by atoms with Crippen LogP contribution < -0.4 is 0 Å². The van der Waals surface area contributed by atoms with Crippen molar-refractivity contribution in [1.82, 2.24) is 0 Å². The summed E-state index contributed by atoms with van der Waals surface area (Å²) in [5, 5.41) is 17.5. The van der Waals surface area contributed by atoms with Gasteiger partial charge in [0, 0.05) is 13.0 Å². The molecule has 0 saturated heterocycles. The Hall–Kier alpha value is -0.780. The fraction of sp³-hybridized carbons (Fsp3) is 0.600. The highest BCUT2D eigenvalue weighted by molar-refractivity contribution is 5.16. The van der Waals surface area contributed by atoms with Crippen molar-refractivity contribution in [3.05, 3.63) is 12.2 Å². The Morgan fingerprint density at radius 2 is 2.25 bits per heavy atom. The maximum Gasteiger partial charge on any atom is 0.0727 e. The van der Waals surface area contributed by atoms with Gasteiger partial charge in [-0.15, -0.1) is 0 Å². The molecule has 2 N–H and O–H groups in total. The second-order valence-electron chi connectivity index (χ2n) is 2.48. The van der Waals surface area contributed by atoms with E-state index in [0.29, 0.717) is 6.42 Å². The second kappa shape index (κ2) is 8.32. The fourth-order valence-electron chi connectivity index (χ4n) is 0.594. The van der Waals surface area contributed by atoms with Crippen molar-refractivity contribution in [3.63, 3.8) is 0 Å². The Morgan fingerprint density at radius 1 is 1.50 bits per heavy atom. The van der Waals surface area contributed by atoms with E-state index in [1.54, 1.807) is 12.2 Å². The molecule has 0 unspecified atom stereocenters. The van der Waals surface area contributed by atoms with E-state index in [0.717, 1.165) is 12.8 Å². The summed E-state index contributed by atoms with van der Waals surface area (Å²) in [6, 6.07) is 0. The summed E-state index contributed by atoms with van der Waals surface area (Å²) in [5.74, 6) is 5.64. The molecule has 0 saturated carbocycles. The third-order valence-corrected chi connectivity index (χ3v) is 1.38. The molecule has 0 heterocycles. The predicted molar refractivity (Wildman–Crippen MR) is 49.5 cm³/mol. The summed E-state index contributed by atoms with van der Waals surface area (Å²) in [5.41, 5.74) is 0. The lowest BCUT2D eigenvalue weighted by Crippen LogP contribution is -1.97. The standard InChI is InChI=1S/C10H16O2/c1-2-10(12)8-6-4-3-5-7-9-11/h6,8,10-12H,2,5,7,9H2,1H3/b8-6+/t10-/m1/s1. The molecule has 68 valence electrons. The predicted octanol–water partition coefficient (Wildman–Crippen LogP) is 1.09. The van der Waals surface area contributed by atoms with Crippen molar-refractivity contribution in [2.75, 3.05) is 6.61 Å². The van der Waals surface area contributed by atoms with Crippen molar-refractivity contribution < 1.29 is 10.2 Å². The van der Waals surface area contributed by atoms with Crippen LogP contribution in [0.2, 0.25) is 0 Å². The third-order valence-electron chi connectivity index (χ3n) is 1.38. The Balaban J connectivity index is 3.48. The van der Waals surface area contributed by atoms with Gasteiger partial charge in [-0.05, 0) is 25.0 Å². The SMILES string of the molecule is CC[C@@H](O)/C=C/C#CCCCO. The van der Waals surface area contributed by atoms with Crippen LogP contribution in [0.15, 0.2) is 12.2 Å². The lowest BCUT2D eigenvalue weighted by molar-refractivity contribution is 0.219. The van der Waals surface area contributed by atoms with E-state index >= 15 is 0 Å². The monoisotopic (exact) mass is 168 g/mol. The summed E-state index contributed by atoms with van der Waals surface area (Å²) >= 11 is 0. The van der Waals surface area contributed by atoms with Gasteiger partial charge >= 0.3 is 0 Å². The van der Waals surface area contributed by atoms with Gasteiger partial charge in [-0.3, -0.25) is 0 Å². The quantitative estimate of drug-likeness (QED) is 0.487. The summed E-state index contributed by atoms with van der Waals surface area (Å²) in [6.45, 7) is 2.10. The van der Waals surface area contributed by atoms with Crippen LogP contribution in [0.4, 0.5) is 0 Å². The van der Waals surface area contributed by atoms with Gasteiger partial charge in [0.15, 0.2) is 0 Å². The van der Waals surface area contributed by atoms with E-state index in [1.807, 2.05) is 6.92 Å². The largest absolute Gasteiger partial charge is 0.396 e. The van der Waals surface area contributed by atoms with E-state index in [2.05, 4.69) is 11.8 Å². The van der Waals surface area contributed by atoms with Gasteiger partial charge in [0.1, 0.15) is 0 Å². The lowest BCUT2D eigenvalue weighted by Gasteiger charge is -1.95. The number of aliphatic hydroxyl groups is 2. The van der Waals surface area contributed by atoms with Crippen LogP contribution in [0.25, 0.3) is 0 Å². The van der Waals surface area contributed by atoms with E-state index in [9.17, 15) is 0 Å². The minimum Gasteiger partial charge on any atom is -0.396 e. The van der Waals surface area contributed by atoms with Gasteiger partial charge in [0.25, 0.3) is 0 Å². The van der Waals surface area contributed by atoms with Crippen molar-refractivity contribution >= 4 is 0 Å². The molecule has 0 aliphatic heterocycles. The van der Waals surface area contributed by atoms with Gasteiger partial charge < -0.3 is 10.2 Å². The fourth-order valence-corrected chi connectivity index (χ4v) is 0.594. The number of hydrogen-bond acceptors (Lipinski definition) is 2. The highest BCUT2D eigenvalue weighted by atomic mass is 16.3. The van der Waals surface area contributed by atoms with Crippen molar-refractivity contribution in [1.29, 1.82) is 0 Å². The van der Waals surface area contributed by atoms with Crippen LogP contribution in [-0.2, 0) is 0 Å². The molecule has 0 aromatic heterocycles. The first-order valence-corrected chi connectivity index (χ1v) is 4.25. The maximum absolute atomic E-state index is 9.07. The topological polar surface area (TPSA) is 40.5 Å². The molecular formula is C10H16O2. The molecule has 2 heteroatoms. The molecule has 0 bridgehead atoms. The molecule has 0 radical (unpaired) electrons. The van der Waals surface area contributed by atoms with Crippen LogP contribution in [0.1, 0.15) is 26.2 Å². The Morgan fingerprint density at radius 3 is 2.83 bits per heavy atom. The molecule has 0 aliphatic rings. The average molecular weight is 168 g/mol. The Labute approximate surface area is 73.9 Å². The number of unbranched alkanes of at least 4 members (excludes halogenated alkanes) is 1. The summed E-state index contributed by atoms with van der Waals surface area (Å²) in [7, 11) is 0. The van der Waals surface area contributed by atoms with E-state index in [4.69, 9.17) is 10.2 Å². The first-order valence-electron chi connectivity index (χ1n) is 4.25. The van der Waals surface area contributed by atoms with Crippen LogP contribution in [-0.4, -0.2) is 22.9 Å².